The van der Waals surface area contributed by atoms with E-state index >= 15 is 0 Å². The summed E-state index contributed by atoms with van der Waals surface area (Å²) in [5, 5.41) is 3.41. The Morgan fingerprint density at radius 3 is 2.56 bits per heavy atom. The first-order chi connectivity index (χ1) is 8.48. The van der Waals surface area contributed by atoms with Crippen LogP contribution < -0.4 is 5.32 Å². The van der Waals surface area contributed by atoms with Crippen molar-refractivity contribution >= 4 is 9.84 Å². The lowest BCUT2D eigenvalue weighted by atomic mass is 9.83. The maximum Gasteiger partial charge on any atom is 0.150 e. The van der Waals surface area contributed by atoms with E-state index in [0.717, 1.165) is 19.5 Å². The van der Waals surface area contributed by atoms with Gasteiger partial charge in [-0.2, -0.15) is 0 Å². The van der Waals surface area contributed by atoms with Crippen LogP contribution in [0.5, 0.6) is 0 Å². The van der Waals surface area contributed by atoms with Crippen molar-refractivity contribution in [3.8, 4) is 0 Å². The van der Waals surface area contributed by atoms with Gasteiger partial charge in [0, 0.05) is 0 Å². The molecular formula is C14H29NO2S. The van der Waals surface area contributed by atoms with Gasteiger partial charge in [0.05, 0.1) is 11.5 Å². The Bertz CT molecular complexity index is 327. The van der Waals surface area contributed by atoms with Crippen LogP contribution in [0, 0.1) is 17.8 Å². The molecule has 0 aromatic rings. The lowest BCUT2D eigenvalue weighted by molar-refractivity contribution is 0.277. The molecule has 0 amide bonds. The van der Waals surface area contributed by atoms with Gasteiger partial charge in [-0.3, -0.25) is 0 Å². The first kappa shape index (κ1) is 16.0. The topological polar surface area (TPSA) is 46.2 Å². The second-order valence-electron chi connectivity index (χ2n) is 5.86. The van der Waals surface area contributed by atoms with E-state index in [2.05, 4.69) is 26.1 Å². The zero-order valence-corrected chi connectivity index (χ0v) is 12.9. The van der Waals surface area contributed by atoms with Crippen molar-refractivity contribution in [2.45, 2.75) is 46.5 Å². The van der Waals surface area contributed by atoms with Crippen LogP contribution in [0.25, 0.3) is 0 Å². The van der Waals surface area contributed by atoms with Gasteiger partial charge in [-0.1, -0.05) is 33.6 Å². The molecule has 3 atom stereocenters. The van der Waals surface area contributed by atoms with Crippen LogP contribution >= 0.6 is 0 Å². The predicted octanol–water partition coefficient (Wildman–Crippen LogP) is 2.47. The van der Waals surface area contributed by atoms with Gasteiger partial charge in [0.15, 0.2) is 9.84 Å². The highest BCUT2D eigenvalue weighted by atomic mass is 32.2. The van der Waals surface area contributed by atoms with Crippen molar-refractivity contribution in [1.29, 1.82) is 0 Å². The summed E-state index contributed by atoms with van der Waals surface area (Å²) in [5.41, 5.74) is 0. The van der Waals surface area contributed by atoms with E-state index in [1.165, 1.54) is 19.3 Å². The van der Waals surface area contributed by atoms with Crippen molar-refractivity contribution in [1.82, 2.24) is 5.32 Å². The standard InChI is InChI=1S/C14H29NO2S/c1-4-6-12(3)9-14(10-15-5-2)13-7-8-18(16,17)11-13/h12-15H,4-11H2,1-3H3. The lowest BCUT2D eigenvalue weighted by Gasteiger charge is -2.26. The molecule has 0 radical (unpaired) electrons. The maximum absolute atomic E-state index is 11.6. The Kier molecular flexibility index (Phi) is 6.64. The quantitative estimate of drug-likeness (QED) is 0.740. The van der Waals surface area contributed by atoms with Crippen LogP contribution in [0.15, 0.2) is 0 Å². The summed E-state index contributed by atoms with van der Waals surface area (Å²) in [6.07, 6.45) is 4.51. The third kappa shape index (κ3) is 5.27. The van der Waals surface area contributed by atoms with Crippen LogP contribution in [0.3, 0.4) is 0 Å². The van der Waals surface area contributed by atoms with Gasteiger partial charge >= 0.3 is 0 Å². The number of hydrogen-bond acceptors (Lipinski definition) is 3. The van der Waals surface area contributed by atoms with Gasteiger partial charge in [0.2, 0.25) is 0 Å². The summed E-state index contributed by atoms with van der Waals surface area (Å²) in [6.45, 7) is 8.57. The van der Waals surface area contributed by atoms with Gasteiger partial charge in [0.25, 0.3) is 0 Å². The molecule has 1 N–H and O–H groups in total. The third-order valence-corrected chi connectivity index (χ3v) is 5.87. The summed E-state index contributed by atoms with van der Waals surface area (Å²) in [4.78, 5) is 0. The van der Waals surface area contributed by atoms with E-state index in [0.29, 0.717) is 29.3 Å². The van der Waals surface area contributed by atoms with Crippen molar-refractivity contribution in [2.24, 2.45) is 17.8 Å². The molecule has 1 fully saturated rings. The third-order valence-electron chi connectivity index (χ3n) is 4.08. The molecule has 4 heteroatoms. The smallest absolute Gasteiger partial charge is 0.150 e. The van der Waals surface area contributed by atoms with Crippen LogP contribution in [0.1, 0.15) is 46.5 Å². The normalized spacial score (nSPS) is 26.1. The molecule has 0 saturated carbocycles. The fourth-order valence-corrected chi connectivity index (χ4v) is 5.01. The Labute approximate surface area is 113 Å². The maximum atomic E-state index is 11.6. The number of nitrogens with one attached hydrogen (secondary N) is 1. The molecule has 0 spiro atoms. The van der Waals surface area contributed by atoms with Gasteiger partial charge < -0.3 is 5.32 Å². The fourth-order valence-electron chi connectivity index (χ4n) is 3.10. The lowest BCUT2D eigenvalue weighted by Crippen LogP contribution is -2.30. The predicted molar refractivity (Wildman–Crippen MR) is 77.5 cm³/mol. The molecule has 0 aromatic heterocycles. The molecule has 1 saturated heterocycles. The molecule has 1 heterocycles. The van der Waals surface area contributed by atoms with E-state index in [1.54, 1.807) is 0 Å². The summed E-state index contributed by atoms with van der Waals surface area (Å²) < 4.78 is 23.2. The molecule has 1 rings (SSSR count). The molecule has 0 aromatic carbocycles. The fraction of sp³-hybridized carbons (Fsp3) is 1.00. The SMILES string of the molecule is CCCC(C)CC(CNCC)C1CCS(=O)(=O)C1. The van der Waals surface area contributed by atoms with Gasteiger partial charge in [-0.05, 0) is 43.7 Å². The Hall–Kier alpha value is -0.0900. The van der Waals surface area contributed by atoms with Crippen molar-refractivity contribution in [2.75, 3.05) is 24.6 Å². The Morgan fingerprint density at radius 1 is 1.33 bits per heavy atom. The Morgan fingerprint density at radius 2 is 2.06 bits per heavy atom. The second-order valence-corrected chi connectivity index (χ2v) is 8.09. The average Bonchev–Trinajstić information content (AvgIpc) is 2.65. The number of rotatable bonds is 8. The van der Waals surface area contributed by atoms with Crippen LogP contribution in [0.2, 0.25) is 0 Å². The van der Waals surface area contributed by atoms with Gasteiger partial charge in [0.1, 0.15) is 0 Å². The van der Waals surface area contributed by atoms with E-state index < -0.39 is 9.84 Å². The highest BCUT2D eigenvalue weighted by molar-refractivity contribution is 7.91. The molecule has 0 aliphatic carbocycles. The minimum Gasteiger partial charge on any atom is -0.317 e. The van der Waals surface area contributed by atoms with Gasteiger partial charge in [-0.25, -0.2) is 8.42 Å². The summed E-state index contributed by atoms with van der Waals surface area (Å²) in [6, 6.07) is 0. The van der Waals surface area contributed by atoms with Crippen molar-refractivity contribution in [3.05, 3.63) is 0 Å². The number of sulfone groups is 1. The average molecular weight is 275 g/mol. The molecule has 0 bridgehead atoms. The molecule has 108 valence electrons. The van der Waals surface area contributed by atoms with Crippen LogP contribution in [-0.2, 0) is 9.84 Å². The Balaban J connectivity index is 2.55. The molecule has 1 aliphatic rings. The second kappa shape index (κ2) is 7.49. The minimum absolute atomic E-state index is 0.383. The molecular weight excluding hydrogens is 246 g/mol. The molecule has 3 nitrogen and oxygen atoms in total. The van der Waals surface area contributed by atoms with Crippen molar-refractivity contribution < 1.29 is 8.42 Å². The van der Waals surface area contributed by atoms with Crippen LogP contribution in [0.4, 0.5) is 0 Å². The molecule has 3 unspecified atom stereocenters. The monoisotopic (exact) mass is 275 g/mol. The summed E-state index contributed by atoms with van der Waals surface area (Å²) in [5.74, 6) is 2.45. The minimum atomic E-state index is -2.74. The first-order valence-electron chi connectivity index (χ1n) is 7.39. The van der Waals surface area contributed by atoms with Crippen molar-refractivity contribution in [3.63, 3.8) is 0 Å². The highest BCUT2D eigenvalue weighted by Gasteiger charge is 2.33. The highest BCUT2D eigenvalue weighted by Crippen LogP contribution is 2.31. The first-order valence-corrected chi connectivity index (χ1v) is 9.21. The number of hydrogen-bond donors (Lipinski definition) is 1. The zero-order chi connectivity index (χ0) is 13.6. The summed E-state index contributed by atoms with van der Waals surface area (Å²) >= 11 is 0. The van der Waals surface area contributed by atoms with Crippen LogP contribution in [-0.4, -0.2) is 33.0 Å². The molecule has 18 heavy (non-hydrogen) atoms. The largest absolute Gasteiger partial charge is 0.317 e. The van der Waals surface area contributed by atoms with Gasteiger partial charge in [-0.15, -0.1) is 0 Å². The molecule has 1 aliphatic heterocycles. The van der Waals surface area contributed by atoms with E-state index in [4.69, 9.17) is 0 Å². The summed E-state index contributed by atoms with van der Waals surface area (Å²) in [7, 11) is -2.74. The van der Waals surface area contributed by atoms with E-state index in [1.807, 2.05) is 0 Å². The van der Waals surface area contributed by atoms with E-state index in [-0.39, 0.29) is 0 Å². The zero-order valence-electron chi connectivity index (χ0n) is 12.1. The van der Waals surface area contributed by atoms with E-state index in [9.17, 15) is 8.42 Å².